The molecule has 1 aliphatic rings. The van der Waals surface area contributed by atoms with Crippen molar-refractivity contribution in [3.05, 3.63) is 94.4 Å². The van der Waals surface area contributed by atoms with E-state index in [4.69, 9.17) is 5.11 Å². The second-order valence-corrected chi connectivity index (χ2v) is 8.00. The fraction of sp³-hybridized carbons (Fsp3) is 0.0417. The first-order chi connectivity index (χ1) is 15.4. The van der Waals surface area contributed by atoms with E-state index in [2.05, 4.69) is 10.3 Å². The number of hydrogen-bond acceptors (Lipinski definition) is 4. The van der Waals surface area contributed by atoms with Gasteiger partial charge in [0.05, 0.1) is 17.0 Å². The van der Waals surface area contributed by atoms with Crippen LogP contribution in [0, 0.1) is 11.6 Å². The Morgan fingerprint density at radius 2 is 1.75 bits per heavy atom. The van der Waals surface area contributed by atoms with Crippen LogP contribution in [0.25, 0.3) is 17.2 Å². The molecule has 0 unspecified atom stereocenters. The highest BCUT2D eigenvalue weighted by atomic mass is 32.2. The van der Waals surface area contributed by atoms with Crippen LogP contribution in [-0.2, 0) is 16.0 Å². The third-order valence-electron chi connectivity index (χ3n) is 4.62. The fourth-order valence-electron chi connectivity index (χ4n) is 3.09. The van der Waals surface area contributed by atoms with Crippen molar-refractivity contribution in [2.24, 2.45) is 4.99 Å². The zero-order valence-corrected chi connectivity index (χ0v) is 17.3. The molecule has 1 saturated heterocycles. The summed E-state index contributed by atoms with van der Waals surface area (Å²) in [5.41, 5.74) is 2.89. The van der Waals surface area contributed by atoms with Gasteiger partial charge in [0.25, 0.3) is 5.91 Å². The lowest BCUT2D eigenvalue weighted by Crippen LogP contribution is -2.19. The highest BCUT2D eigenvalue weighted by molar-refractivity contribution is 8.18. The molecular formula is C24H16F2N2O3S. The van der Waals surface area contributed by atoms with Crippen LogP contribution in [-0.4, -0.2) is 22.2 Å². The van der Waals surface area contributed by atoms with Gasteiger partial charge >= 0.3 is 5.97 Å². The number of thioether (sulfide) groups is 1. The van der Waals surface area contributed by atoms with Crippen LogP contribution in [0.4, 0.5) is 14.5 Å². The first-order valence-electron chi connectivity index (χ1n) is 9.53. The number of carbonyl (C=O) groups is 2. The Hall–Kier alpha value is -3.78. The number of nitrogens with one attached hydrogen (secondary N) is 1. The van der Waals surface area contributed by atoms with Crippen molar-refractivity contribution in [2.45, 2.75) is 6.42 Å². The lowest BCUT2D eigenvalue weighted by atomic mass is 10.0. The molecule has 1 heterocycles. The van der Waals surface area contributed by atoms with Crippen molar-refractivity contribution in [1.29, 1.82) is 0 Å². The van der Waals surface area contributed by atoms with Crippen molar-refractivity contribution in [3.8, 4) is 11.1 Å². The number of rotatable bonds is 5. The zero-order valence-electron chi connectivity index (χ0n) is 16.5. The minimum Gasteiger partial charge on any atom is -0.481 e. The molecule has 1 fully saturated rings. The lowest BCUT2D eigenvalue weighted by Gasteiger charge is -2.04. The minimum absolute atomic E-state index is 0.0676. The van der Waals surface area contributed by atoms with Crippen LogP contribution in [0.5, 0.6) is 0 Å². The zero-order chi connectivity index (χ0) is 22.7. The van der Waals surface area contributed by atoms with Crippen molar-refractivity contribution in [3.63, 3.8) is 0 Å². The van der Waals surface area contributed by atoms with Crippen molar-refractivity contribution >= 4 is 40.6 Å². The smallest absolute Gasteiger partial charge is 0.307 e. The van der Waals surface area contributed by atoms with Gasteiger partial charge in [-0.15, -0.1) is 0 Å². The van der Waals surface area contributed by atoms with Crippen molar-refractivity contribution in [1.82, 2.24) is 5.32 Å². The predicted molar refractivity (Wildman–Crippen MR) is 120 cm³/mol. The Kier molecular flexibility index (Phi) is 6.13. The molecule has 32 heavy (non-hydrogen) atoms. The lowest BCUT2D eigenvalue weighted by molar-refractivity contribution is -0.136. The van der Waals surface area contributed by atoms with E-state index in [1.165, 1.54) is 23.9 Å². The SMILES string of the molecule is O=C(O)Cc1ccc(N=C2NC(=O)C(=Cc3ccc(-c4ccc(F)cc4F)cc3)S2)cc1. The molecule has 4 rings (SSSR count). The van der Waals surface area contributed by atoms with E-state index in [9.17, 15) is 18.4 Å². The summed E-state index contributed by atoms with van der Waals surface area (Å²) in [4.78, 5) is 27.9. The molecule has 3 aromatic rings. The number of nitrogens with zero attached hydrogens (tertiary/aromatic N) is 1. The molecule has 0 aliphatic carbocycles. The van der Waals surface area contributed by atoms with Gasteiger partial charge in [0.2, 0.25) is 0 Å². The van der Waals surface area contributed by atoms with Gasteiger partial charge in [0, 0.05) is 11.6 Å². The van der Waals surface area contributed by atoms with E-state index in [1.54, 1.807) is 54.6 Å². The van der Waals surface area contributed by atoms with E-state index in [1.807, 2.05) is 0 Å². The van der Waals surface area contributed by atoms with E-state index in [0.717, 1.165) is 11.6 Å². The number of carbonyl (C=O) groups excluding carboxylic acids is 1. The van der Waals surface area contributed by atoms with E-state index in [-0.39, 0.29) is 12.3 Å². The summed E-state index contributed by atoms with van der Waals surface area (Å²) in [6.45, 7) is 0. The minimum atomic E-state index is -0.909. The summed E-state index contributed by atoms with van der Waals surface area (Å²) in [6, 6.07) is 17.1. The Morgan fingerprint density at radius 3 is 2.41 bits per heavy atom. The molecule has 0 bridgehead atoms. The Labute approximate surface area is 186 Å². The molecule has 2 N–H and O–H groups in total. The molecule has 8 heteroatoms. The van der Waals surface area contributed by atoms with Crippen molar-refractivity contribution in [2.75, 3.05) is 0 Å². The number of carboxylic acids is 1. The van der Waals surface area contributed by atoms with Gasteiger partial charge in [-0.05, 0) is 58.8 Å². The molecular weight excluding hydrogens is 434 g/mol. The normalized spacial score (nSPS) is 15.9. The van der Waals surface area contributed by atoms with E-state index < -0.39 is 17.6 Å². The van der Waals surface area contributed by atoms with Gasteiger partial charge in [0.15, 0.2) is 5.17 Å². The number of carboxylic acid groups (broad SMARTS) is 1. The number of benzene rings is 3. The number of halogens is 2. The highest BCUT2D eigenvalue weighted by Gasteiger charge is 2.23. The van der Waals surface area contributed by atoms with Crippen molar-refractivity contribution < 1.29 is 23.5 Å². The van der Waals surface area contributed by atoms with Crippen LogP contribution in [0.3, 0.4) is 0 Å². The molecule has 3 aromatic carbocycles. The average molecular weight is 450 g/mol. The molecule has 0 radical (unpaired) electrons. The second-order valence-electron chi connectivity index (χ2n) is 6.96. The first kappa shape index (κ1) is 21.5. The molecule has 0 saturated carbocycles. The molecule has 5 nitrogen and oxygen atoms in total. The number of aliphatic imine (C=N–C) groups is 1. The Bertz CT molecular complexity index is 1250. The van der Waals surface area contributed by atoms with E-state index in [0.29, 0.717) is 32.5 Å². The molecule has 160 valence electrons. The quantitative estimate of drug-likeness (QED) is 0.527. The van der Waals surface area contributed by atoms with Gasteiger partial charge in [-0.2, -0.15) is 0 Å². The largest absolute Gasteiger partial charge is 0.481 e. The van der Waals surface area contributed by atoms with Crippen LogP contribution in [0.15, 0.2) is 76.6 Å². The average Bonchev–Trinajstić information content (AvgIpc) is 3.08. The summed E-state index contributed by atoms with van der Waals surface area (Å²) < 4.78 is 27.1. The first-order valence-corrected chi connectivity index (χ1v) is 10.3. The van der Waals surface area contributed by atoms with E-state index >= 15 is 0 Å². The fourth-order valence-corrected chi connectivity index (χ4v) is 3.94. The third kappa shape index (κ3) is 5.09. The van der Waals surface area contributed by atoms with Gasteiger partial charge in [-0.25, -0.2) is 13.8 Å². The molecule has 0 spiro atoms. The topological polar surface area (TPSA) is 78.8 Å². The van der Waals surface area contributed by atoms with Crippen LogP contribution in [0.1, 0.15) is 11.1 Å². The number of aliphatic carboxylic acids is 1. The summed E-state index contributed by atoms with van der Waals surface area (Å²) >= 11 is 1.18. The van der Waals surface area contributed by atoms with Gasteiger partial charge < -0.3 is 10.4 Å². The summed E-state index contributed by atoms with van der Waals surface area (Å²) in [5, 5.41) is 11.9. The monoisotopic (exact) mass is 450 g/mol. The highest BCUT2D eigenvalue weighted by Crippen LogP contribution is 2.29. The maximum atomic E-state index is 14.0. The maximum Gasteiger partial charge on any atom is 0.307 e. The number of amidine groups is 1. The molecule has 0 aromatic heterocycles. The Morgan fingerprint density at radius 1 is 1.03 bits per heavy atom. The molecule has 1 aliphatic heterocycles. The standard InChI is InChI=1S/C24H16F2N2O3S/c25-17-7-10-19(20(26)13-17)16-5-1-14(2-6-16)11-21-23(31)28-24(32-21)27-18-8-3-15(4-9-18)12-22(29)30/h1-11,13H,12H2,(H,29,30)(H,27,28,31). The van der Waals surface area contributed by atoms with Gasteiger partial charge in [0.1, 0.15) is 11.6 Å². The molecule has 1 amide bonds. The second kappa shape index (κ2) is 9.15. The summed E-state index contributed by atoms with van der Waals surface area (Å²) in [6.07, 6.45) is 1.63. The number of hydrogen-bond donors (Lipinski definition) is 2. The predicted octanol–water partition coefficient (Wildman–Crippen LogP) is 5.15. The molecule has 0 atom stereocenters. The van der Waals surface area contributed by atoms with Crippen LogP contribution >= 0.6 is 11.8 Å². The maximum absolute atomic E-state index is 14.0. The summed E-state index contributed by atoms with van der Waals surface area (Å²) in [7, 11) is 0. The summed E-state index contributed by atoms with van der Waals surface area (Å²) in [5.74, 6) is -2.47. The van der Waals surface area contributed by atoms with Gasteiger partial charge in [-0.3, -0.25) is 9.59 Å². The number of amides is 1. The van der Waals surface area contributed by atoms with Gasteiger partial charge in [-0.1, -0.05) is 36.4 Å². The van der Waals surface area contributed by atoms with Crippen LogP contribution in [0.2, 0.25) is 0 Å². The Balaban J connectivity index is 1.48. The van der Waals surface area contributed by atoms with Crippen LogP contribution < -0.4 is 5.32 Å². The third-order valence-corrected chi connectivity index (χ3v) is 5.53.